The quantitative estimate of drug-likeness (QED) is 0.296. The van der Waals surface area contributed by atoms with Gasteiger partial charge in [0.15, 0.2) is 0 Å². The Morgan fingerprint density at radius 3 is 2.55 bits per heavy atom. The molecule has 2 aromatic heterocycles. The van der Waals surface area contributed by atoms with E-state index in [4.69, 9.17) is 4.74 Å². The summed E-state index contributed by atoms with van der Waals surface area (Å²) < 4.78 is 63.9. The highest BCUT2D eigenvalue weighted by molar-refractivity contribution is 5.95. The van der Waals surface area contributed by atoms with Gasteiger partial charge in [-0.25, -0.2) is 9.37 Å². The average Bonchev–Trinajstić information content (AvgIpc) is 3.62. The van der Waals surface area contributed by atoms with Gasteiger partial charge in [0.05, 0.1) is 34.8 Å². The van der Waals surface area contributed by atoms with Crippen molar-refractivity contribution in [2.24, 2.45) is 7.05 Å². The van der Waals surface area contributed by atoms with Crippen molar-refractivity contribution in [1.82, 2.24) is 19.3 Å². The van der Waals surface area contributed by atoms with E-state index in [9.17, 15) is 22.4 Å². The first-order chi connectivity index (χ1) is 18.1. The molecular weight excluding hydrogens is 500 g/mol. The van der Waals surface area contributed by atoms with Crippen molar-refractivity contribution < 1.29 is 22.3 Å². The van der Waals surface area contributed by atoms with Crippen LogP contribution in [0, 0.1) is 12.7 Å². The van der Waals surface area contributed by atoms with E-state index in [-0.39, 0.29) is 34.2 Å². The molecule has 198 valence electrons. The molecule has 6 rings (SSSR count). The van der Waals surface area contributed by atoms with E-state index in [2.05, 4.69) is 10.1 Å². The predicted octanol–water partition coefficient (Wildman–Crippen LogP) is 6.23. The third-order valence-electron chi connectivity index (χ3n) is 7.71. The summed E-state index contributed by atoms with van der Waals surface area (Å²) in [6, 6.07) is 6.33. The Hall–Kier alpha value is -3.53. The minimum Gasteiger partial charge on any atom is -0.373 e. The molecule has 6 nitrogen and oxygen atoms in total. The molecule has 0 unspecified atom stereocenters. The van der Waals surface area contributed by atoms with Crippen LogP contribution >= 0.6 is 0 Å². The number of aromatic nitrogens is 4. The molecule has 38 heavy (non-hydrogen) atoms. The summed E-state index contributed by atoms with van der Waals surface area (Å²) in [5.41, 5.74) is 0.964. The van der Waals surface area contributed by atoms with Gasteiger partial charge < -0.3 is 4.74 Å². The number of fused-ring (bicyclic) bond motifs is 1. The minimum atomic E-state index is -4.66. The van der Waals surface area contributed by atoms with Gasteiger partial charge in [-0.1, -0.05) is 18.2 Å². The highest BCUT2D eigenvalue weighted by atomic mass is 19.4. The van der Waals surface area contributed by atoms with Crippen LogP contribution in [0.3, 0.4) is 0 Å². The van der Waals surface area contributed by atoms with Gasteiger partial charge in [-0.15, -0.1) is 0 Å². The van der Waals surface area contributed by atoms with Crippen molar-refractivity contribution in [3.05, 3.63) is 81.4 Å². The van der Waals surface area contributed by atoms with Crippen LogP contribution in [-0.4, -0.2) is 25.9 Å². The molecule has 0 amide bonds. The van der Waals surface area contributed by atoms with E-state index in [1.807, 2.05) is 17.1 Å². The van der Waals surface area contributed by atoms with Gasteiger partial charge in [-0.2, -0.15) is 18.3 Å². The molecule has 1 saturated carbocycles. The number of alkyl halides is 3. The lowest BCUT2D eigenvalue weighted by molar-refractivity contribution is -0.137. The summed E-state index contributed by atoms with van der Waals surface area (Å²) in [5.74, 6) is -0.623. The summed E-state index contributed by atoms with van der Waals surface area (Å²) in [5, 5.41) is 4.83. The molecule has 2 aromatic carbocycles. The number of halogens is 4. The molecule has 1 saturated heterocycles. The second-order valence-electron chi connectivity index (χ2n) is 10.2. The van der Waals surface area contributed by atoms with Crippen molar-refractivity contribution >= 4 is 10.9 Å². The Kier molecular flexibility index (Phi) is 5.90. The second kappa shape index (κ2) is 9.04. The molecule has 0 N–H and O–H groups in total. The Morgan fingerprint density at radius 2 is 1.84 bits per heavy atom. The zero-order chi connectivity index (χ0) is 26.8. The number of nitrogens with zero attached hydrogens (tertiary/aromatic N) is 4. The maximum atomic E-state index is 15.0. The normalized spacial score (nSPS) is 20.3. The molecule has 0 bridgehead atoms. The molecule has 3 heterocycles. The lowest BCUT2D eigenvalue weighted by atomic mass is 9.84. The Balaban J connectivity index is 1.44. The number of hydrogen-bond acceptors (Lipinski definition) is 4. The standard InChI is InChI=1S/C28H26F4N4O2/c1-15-34-26-22(21-6-3-18(12-23(21)29)28(30,31)32)8-7-20(25(26)27(37)35(15)2)16-9-10-38-24(11-16)17-13-33-36(14-17)19-4-5-19/h3,6-8,12-14,16,19,24H,4-5,9-11H2,1-2H3/t16-,24+/m1/s1. The molecule has 4 aromatic rings. The van der Waals surface area contributed by atoms with Gasteiger partial charge in [0.25, 0.3) is 5.56 Å². The maximum absolute atomic E-state index is 15.0. The summed E-state index contributed by atoms with van der Waals surface area (Å²) in [4.78, 5) is 18.2. The highest BCUT2D eigenvalue weighted by Crippen LogP contribution is 2.42. The molecule has 0 radical (unpaired) electrons. The molecule has 2 fully saturated rings. The maximum Gasteiger partial charge on any atom is 0.416 e. The Labute approximate surface area is 215 Å². The predicted molar refractivity (Wildman–Crippen MR) is 133 cm³/mol. The van der Waals surface area contributed by atoms with Crippen molar-refractivity contribution in [1.29, 1.82) is 0 Å². The van der Waals surface area contributed by atoms with E-state index in [1.165, 1.54) is 4.57 Å². The Morgan fingerprint density at radius 1 is 1.08 bits per heavy atom. The molecule has 2 aliphatic rings. The van der Waals surface area contributed by atoms with Crippen molar-refractivity contribution in [3.63, 3.8) is 0 Å². The van der Waals surface area contributed by atoms with Crippen LogP contribution in [0.25, 0.3) is 22.0 Å². The lowest BCUT2D eigenvalue weighted by Crippen LogP contribution is -2.24. The van der Waals surface area contributed by atoms with Crippen molar-refractivity contribution in [2.75, 3.05) is 6.61 Å². The lowest BCUT2D eigenvalue weighted by Gasteiger charge is -2.30. The number of benzene rings is 2. The van der Waals surface area contributed by atoms with Crippen molar-refractivity contribution in [3.8, 4) is 11.1 Å². The first kappa shape index (κ1) is 24.8. The fourth-order valence-electron chi connectivity index (χ4n) is 5.34. The first-order valence-corrected chi connectivity index (χ1v) is 12.6. The molecule has 1 aliphatic heterocycles. The largest absolute Gasteiger partial charge is 0.416 e. The van der Waals surface area contributed by atoms with E-state index < -0.39 is 17.6 Å². The van der Waals surface area contributed by atoms with Gasteiger partial charge in [0, 0.05) is 36.5 Å². The fourth-order valence-corrected chi connectivity index (χ4v) is 5.34. The van der Waals surface area contributed by atoms with Crippen LogP contribution in [0.4, 0.5) is 17.6 Å². The molecule has 0 spiro atoms. The number of ether oxygens (including phenoxy) is 1. The zero-order valence-electron chi connectivity index (χ0n) is 20.9. The van der Waals surface area contributed by atoms with Gasteiger partial charge >= 0.3 is 6.18 Å². The third kappa shape index (κ3) is 4.30. The van der Waals surface area contributed by atoms with Crippen LogP contribution < -0.4 is 5.56 Å². The van der Waals surface area contributed by atoms with E-state index >= 15 is 0 Å². The van der Waals surface area contributed by atoms with Crippen LogP contribution in [0.15, 0.2) is 47.5 Å². The van der Waals surface area contributed by atoms with E-state index in [0.717, 1.165) is 36.1 Å². The van der Waals surface area contributed by atoms with Crippen LogP contribution in [-0.2, 0) is 18.0 Å². The van der Waals surface area contributed by atoms with Crippen LogP contribution in [0.5, 0.6) is 0 Å². The van der Waals surface area contributed by atoms with Crippen molar-refractivity contribution in [2.45, 2.75) is 56.8 Å². The number of aryl methyl sites for hydroxylation is 1. The SMILES string of the molecule is Cc1nc2c(-c3ccc(C(F)(F)F)cc3F)ccc([C@@H]3CCO[C@H](c4cnn(C5CC5)c4)C3)c2c(=O)n1C. The number of rotatable bonds is 4. The third-order valence-corrected chi connectivity index (χ3v) is 7.71. The van der Waals surface area contributed by atoms with Crippen LogP contribution in [0.1, 0.15) is 66.3 Å². The Bertz CT molecular complexity index is 1600. The summed E-state index contributed by atoms with van der Waals surface area (Å²) >= 11 is 0. The number of hydrogen-bond donors (Lipinski definition) is 0. The molecule has 10 heteroatoms. The fraction of sp³-hybridized carbons (Fsp3) is 0.393. The minimum absolute atomic E-state index is 0.0239. The van der Waals surface area contributed by atoms with Gasteiger partial charge in [-0.3, -0.25) is 14.0 Å². The average molecular weight is 527 g/mol. The van der Waals surface area contributed by atoms with E-state index in [0.29, 0.717) is 42.8 Å². The van der Waals surface area contributed by atoms with E-state index in [1.54, 1.807) is 26.1 Å². The highest BCUT2D eigenvalue weighted by Gasteiger charge is 2.33. The van der Waals surface area contributed by atoms with Gasteiger partial charge in [-0.05, 0) is 56.2 Å². The smallest absolute Gasteiger partial charge is 0.373 e. The van der Waals surface area contributed by atoms with Crippen LogP contribution in [0.2, 0.25) is 0 Å². The topological polar surface area (TPSA) is 61.9 Å². The monoisotopic (exact) mass is 526 g/mol. The first-order valence-electron chi connectivity index (χ1n) is 12.6. The molecule has 2 atom stereocenters. The summed E-state index contributed by atoms with van der Waals surface area (Å²) in [6.07, 6.45) is 2.61. The summed E-state index contributed by atoms with van der Waals surface area (Å²) in [6.45, 7) is 2.17. The van der Waals surface area contributed by atoms with Gasteiger partial charge in [0.1, 0.15) is 11.6 Å². The molecular formula is C28H26F4N4O2. The molecule has 1 aliphatic carbocycles. The zero-order valence-corrected chi connectivity index (χ0v) is 20.9. The second-order valence-corrected chi connectivity index (χ2v) is 10.2. The van der Waals surface area contributed by atoms with Gasteiger partial charge in [0.2, 0.25) is 0 Å². The summed E-state index contributed by atoms with van der Waals surface area (Å²) in [7, 11) is 1.62.